The zero-order valence-corrected chi connectivity index (χ0v) is 10.6. The number of nitrogens with zero attached hydrogens (tertiary/aromatic N) is 2. The lowest BCUT2D eigenvalue weighted by Crippen LogP contribution is -1.95. The van der Waals surface area contributed by atoms with Gasteiger partial charge in [-0.2, -0.15) is 0 Å². The molecule has 0 fully saturated rings. The Morgan fingerprint density at radius 1 is 0.947 bits per heavy atom. The molecular weight excluding hydrogens is 234 g/mol. The molecule has 1 aliphatic heterocycles. The second-order valence-corrected chi connectivity index (χ2v) is 4.76. The molecule has 2 heterocycles. The standard InChI is InChI=1S/C16H13N3/c1-11-10-19-15-9-5-4-8-14(15)18-13-7-3-2-6-12(13)16(19)17-11/h2-10,18H,1H3. The molecule has 1 aliphatic rings. The first-order chi connectivity index (χ1) is 9.33. The van der Waals surface area contributed by atoms with Crippen molar-refractivity contribution in [2.24, 2.45) is 0 Å². The summed E-state index contributed by atoms with van der Waals surface area (Å²) < 4.78 is 2.16. The maximum absolute atomic E-state index is 4.67. The van der Waals surface area contributed by atoms with E-state index in [-0.39, 0.29) is 0 Å². The van der Waals surface area contributed by atoms with Crippen molar-refractivity contribution in [3.63, 3.8) is 0 Å². The van der Waals surface area contributed by atoms with E-state index >= 15 is 0 Å². The highest BCUT2D eigenvalue weighted by molar-refractivity contribution is 5.84. The maximum Gasteiger partial charge on any atom is 0.146 e. The Morgan fingerprint density at radius 3 is 2.58 bits per heavy atom. The van der Waals surface area contributed by atoms with Gasteiger partial charge in [-0.15, -0.1) is 0 Å². The van der Waals surface area contributed by atoms with E-state index in [1.165, 1.54) is 0 Å². The van der Waals surface area contributed by atoms with Crippen molar-refractivity contribution in [2.45, 2.75) is 6.92 Å². The van der Waals surface area contributed by atoms with Crippen molar-refractivity contribution in [2.75, 3.05) is 5.32 Å². The minimum absolute atomic E-state index is 0.991. The summed E-state index contributed by atoms with van der Waals surface area (Å²) in [5.41, 5.74) is 5.49. The number of aryl methyl sites for hydroxylation is 1. The number of benzene rings is 2. The molecule has 0 saturated heterocycles. The molecule has 0 spiro atoms. The van der Waals surface area contributed by atoms with E-state index in [2.05, 4.69) is 51.4 Å². The van der Waals surface area contributed by atoms with E-state index in [0.717, 1.165) is 34.1 Å². The summed E-state index contributed by atoms with van der Waals surface area (Å²) in [4.78, 5) is 4.67. The monoisotopic (exact) mass is 247 g/mol. The van der Waals surface area contributed by atoms with Crippen molar-refractivity contribution in [3.05, 3.63) is 60.4 Å². The molecule has 19 heavy (non-hydrogen) atoms. The van der Waals surface area contributed by atoms with Gasteiger partial charge < -0.3 is 5.32 Å². The maximum atomic E-state index is 4.67. The number of anilines is 2. The number of hydrogen-bond acceptors (Lipinski definition) is 2. The molecule has 0 atom stereocenters. The fourth-order valence-electron chi connectivity index (χ4n) is 2.59. The van der Waals surface area contributed by atoms with Gasteiger partial charge in [-0.1, -0.05) is 24.3 Å². The minimum atomic E-state index is 0.991. The molecule has 0 bridgehead atoms. The van der Waals surface area contributed by atoms with E-state index in [4.69, 9.17) is 0 Å². The van der Waals surface area contributed by atoms with E-state index < -0.39 is 0 Å². The Morgan fingerprint density at radius 2 is 1.68 bits per heavy atom. The first-order valence-electron chi connectivity index (χ1n) is 6.35. The normalized spacial score (nSPS) is 11.8. The van der Waals surface area contributed by atoms with Gasteiger partial charge in [-0.25, -0.2) is 4.98 Å². The molecule has 0 unspecified atom stereocenters. The molecule has 1 N–H and O–H groups in total. The summed E-state index contributed by atoms with van der Waals surface area (Å²) in [6.45, 7) is 2.03. The van der Waals surface area contributed by atoms with Crippen LogP contribution in [0.3, 0.4) is 0 Å². The number of rotatable bonds is 0. The average Bonchev–Trinajstić information content (AvgIpc) is 2.76. The quantitative estimate of drug-likeness (QED) is 0.510. The van der Waals surface area contributed by atoms with Gasteiger partial charge in [0.2, 0.25) is 0 Å². The van der Waals surface area contributed by atoms with Gasteiger partial charge in [-0.05, 0) is 31.2 Å². The third-order valence-electron chi connectivity index (χ3n) is 3.43. The Kier molecular flexibility index (Phi) is 2.03. The van der Waals surface area contributed by atoms with Crippen molar-refractivity contribution in [3.8, 4) is 17.1 Å². The number of aromatic nitrogens is 2. The molecule has 3 nitrogen and oxygen atoms in total. The van der Waals surface area contributed by atoms with Crippen LogP contribution >= 0.6 is 0 Å². The first-order valence-corrected chi connectivity index (χ1v) is 6.35. The predicted octanol–water partition coefficient (Wildman–Crippen LogP) is 3.90. The summed E-state index contributed by atoms with van der Waals surface area (Å²) in [6.07, 6.45) is 2.08. The van der Waals surface area contributed by atoms with Crippen LogP contribution < -0.4 is 5.32 Å². The number of fused-ring (bicyclic) bond motifs is 5. The topological polar surface area (TPSA) is 29.9 Å². The minimum Gasteiger partial charge on any atom is -0.353 e. The summed E-state index contributed by atoms with van der Waals surface area (Å²) in [7, 11) is 0. The molecule has 0 amide bonds. The van der Waals surface area contributed by atoms with Crippen LogP contribution in [0.25, 0.3) is 17.1 Å². The molecule has 0 aliphatic carbocycles. The van der Waals surface area contributed by atoms with Crippen molar-refractivity contribution < 1.29 is 0 Å². The number of imidazole rings is 1. The second-order valence-electron chi connectivity index (χ2n) is 4.76. The molecule has 4 rings (SSSR count). The predicted molar refractivity (Wildman–Crippen MR) is 77.0 cm³/mol. The zero-order valence-electron chi connectivity index (χ0n) is 10.6. The highest BCUT2D eigenvalue weighted by Crippen LogP contribution is 2.37. The van der Waals surface area contributed by atoms with E-state index in [9.17, 15) is 0 Å². The molecule has 3 heteroatoms. The van der Waals surface area contributed by atoms with Crippen LogP contribution in [0.5, 0.6) is 0 Å². The smallest absolute Gasteiger partial charge is 0.146 e. The van der Waals surface area contributed by atoms with Crippen LogP contribution in [0.2, 0.25) is 0 Å². The van der Waals surface area contributed by atoms with Crippen LogP contribution in [0.1, 0.15) is 5.69 Å². The van der Waals surface area contributed by atoms with Gasteiger partial charge in [0, 0.05) is 17.4 Å². The Bertz CT molecular complexity index is 708. The van der Waals surface area contributed by atoms with Crippen molar-refractivity contribution in [1.29, 1.82) is 0 Å². The lowest BCUT2D eigenvalue weighted by molar-refractivity contribution is 1.08. The summed E-state index contributed by atoms with van der Waals surface area (Å²) in [5, 5.41) is 3.49. The molecule has 0 saturated carbocycles. The molecule has 2 aromatic carbocycles. The van der Waals surface area contributed by atoms with Gasteiger partial charge in [0.05, 0.1) is 17.1 Å². The van der Waals surface area contributed by atoms with Crippen LogP contribution in [0.4, 0.5) is 11.4 Å². The molecular formula is C16H13N3. The van der Waals surface area contributed by atoms with Gasteiger partial charge in [0.25, 0.3) is 0 Å². The highest BCUT2D eigenvalue weighted by atomic mass is 15.1. The summed E-state index contributed by atoms with van der Waals surface area (Å²) in [6, 6.07) is 16.6. The van der Waals surface area contributed by atoms with E-state index in [0.29, 0.717) is 0 Å². The number of nitrogens with one attached hydrogen (secondary N) is 1. The first kappa shape index (κ1) is 10.4. The van der Waals surface area contributed by atoms with Crippen LogP contribution in [0.15, 0.2) is 54.7 Å². The summed E-state index contributed by atoms with van der Waals surface area (Å²) in [5.74, 6) is 0.991. The second kappa shape index (κ2) is 3.72. The fourth-order valence-corrected chi connectivity index (χ4v) is 2.59. The molecule has 3 aromatic rings. The molecule has 0 radical (unpaired) electrons. The Hall–Kier alpha value is -2.55. The SMILES string of the molecule is Cc1cn2c(n1)-c1ccccc1Nc1ccccc1-2. The lowest BCUT2D eigenvalue weighted by atomic mass is 10.1. The van der Waals surface area contributed by atoms with Gasteiger partial charge >= 0.3 is 0 Å². The van der Waals surface area contributed by atoms with Crippen molar-refractivity contribution in [1.82, 2.24) is 9.55 Å². The largest absolute Gasteiger partial charge is 0.353 e. The van der Waals surface area contributed by atoms with E-state index in [1.807, 2.05) is 25.1 Å². The van der Waals surface area contributed by atoms with Gasteiger partial charge in [-0.3, -0.25) is 4.57 Å². The fraction of sp³-hybridized carbons (Fsp3) is 0.0625. The number of para-hydroxylation sites is 3. The van der Waals surface area contributed by atoms with Gasteiger partial charge in [0.15, 0.2) is 0 Å². The molecule has 92 valence electrons. The Labute approximate surface area is 111 Å². The van der Waals surface area contributed by atoms with Crippen molar-refractivity contribution >= 4 is 11.4 Å². The van der Waals surface area contributed by atoms with Crippen LogP contribution in [-0.4, -0.2) is 9.55 Å². The molecule has 1 aromatic heterocycles. The van der Waals surface area contributed by atoms with E-state index in [1.54, 1.807) is 0 Å². The third kappa shape index (κ3) is 1.48. The highest BCUT2D eigenvalue weighted by Gasteiger charge is 2.19. The lowest BCUT2D eigenvalue weighted by Gasteiger charge is -2.09. The summed E-state index contributed by atoms with van der Waals surface area (Å²) >= 11 is 0. The average molecular weight is 247 g/mol. The van der Waals surface area contributed by atoms with Gasteiger partial charge in [0.1, 0.15) is 5.82 Å². The van der Waals surface area contributed by atoms with Crippen LogP contribution in [0, 0.1) is 6.92 Å². The number of hydrogen-bond donors (Lipinski definition) is 1. The third-order valence-corrected chi connectivity index (χ3v) is 3.43. The van der Waals surface area contributed by atoms with Crippen LogP contribution in [-0.2, 0) is 0 Å². The Balaban J connectivity index is 2.12. The zero-order chi connectivity index (χ0) is 12.8.